The Bertz CT molecular complexity index is 1110. The first kappa shape index (κ1) is 21.7. The highest BCUT2D eigenvalue weighted by Crippen LogP contribution is 2.30. The lowest BCUT2D eigenvalue weighted by Crippen LogP contribution is -2.19. The van der Waals surface area contributed by atoms with E-state index in [2.05, 4.69) is 10.4 Å². The SMILES string of the molecule is CC(C)(C)c1cc(NC(=O)/C=C/c2cccc([N+](=O)[O-])c2)n(C2CCS(=O)(=O)C2)n1. The van der Waals surface area contributed by atoms with E-state index < -0.39 is 20.7 Å². The predicted molar refractivity (Wildman–Crippen MR) is 114 cm³/mol. The molecule has 0 aliphatic carbocycles. The van der Waals surface area contributed by atoms with Crippen LogP contribution in [0.5, 0.6) is 0 Å². The molecule has 9 nitrogen and oxygen atoms in total. The van der Waals surface area contributed by atoms with E-state index in [4.69, 9.17) is 0 Å². The number of anilines is 1. The summed E-state index contributed by atoms with van der Waals surface area (Å²) >= 11 is 0. The second kappa shape index (κ2) is 8.02. The summed E-state index contributed by atoms with van der Waals surface area (Å²) in [5, 5.41) is 18.2. The van der Waals surface area contributed by atoms with Crippen molar-refractivity contribution in [1.29, 1.82) is 0 Å². The summed E-state index contributed by atoms with van der Waals surface area (Å²) in [6, 6.07) is 7.36. The number of rotatable bonds is 5. The second-order valence-corrected chi connectivity index (χ2v) is 10.6. The molecule has 1 aromatic carbocycles. The molecule has 1 aliphatic heterocycles. The van der Waals surface area contributed by atoms with Crippen LogP contribution in [0.2, 0.25) is 0 Å². The molecule has 1 fully saturated rings. The van der Waals surface area contributed by atoms with E-state index in [1.165, 1.54) is 24.3 Å². The first-order valence-corrected chi connectivity index (χ1v) is 11.3. The van der Waals surface area contributed by atoms with Crippen LogP contribution in [0.3, 0.4) is 0 Å². The Morgan fingerprint density at radius 3 is 2.67 bits per heavy atom. The van der Waals surface area contributed by atoms with Gasteiger partial charge in [-0.15, -0.1) is 0 Å². The summed E-state index contributed by atoms with van der Waals surface area (Å²) in [5.74, 6) is 0.0762. The molecule has 30 heavy (non-hydrogen) atoms. The lowest BCUT2D eigenvalue weighted by Gasteiger charge is -2.15. The van der Waals surface area contributed by atoms with Gasteiger partial charge in [-0.3, -0.25) is 14.9 Å². The van der Waals surface area contributed by atoms with Crippen LogP contribution in [0, 0.1) is 10.1 Å². The van der Waals surface area contributed by atoms with Crippen molar-refractivity contribution in [2.45, 2.75) is 38.6 Å². The van der Waals surface area contributed by atoms with E-state index in [0.717, 1.165) is 5.69 Å². The minimum Gasteiger partial charge on any atom is -0.307 e. The van der Waals surface area contributed by atoms with Gasteiger partial charge in [-0.25, -0.2) is 13.1 Å². The van der Waals surface area contributed by atoms with Gasteiger partial charge >= 0.3 is 0 Å². The molecular formula is C20H24N4O5S. The van der Waals surface area contributed by atoms with Gasteiger partial charge in [0.1, 0.15) is 5.82 Å². The Morgan fingerprint density at radius 1 is 1.33 bits per heavy atom. The number of carbonyl (C=O) groups is 1. The van der Waals surface area contributed by atoms with Crippen LogP contribution in [-0.4, -0.2) is 40.5 Å². The van der Waals surface area contributed by atoms with Crippen LogP contribution >= 0.6 is 0 Å². The number of nitro benzene ring substituents is 1. The highest BCUT2D eigenvalue weighted by Gasteiger charge is 2.32. The molecule has 1 saturated heterocycles. The molecule has 2 aromatic rings. The fourth-order valence-corrected chi connectivity index (χ4v) is 4.87. The normalized spacial score (nSPS) is 18.6. The first-order valence-electron chi connectivity index (χ1n) is 9.48. The number of nitrogens with zero attached hydrogens (tertiary/aromatic N) is 3. The van der Waals surface area contributed by atoms with Crippen LogP contribution in [0.15, 0.2) is 36.4 Å². The summed E-state index contributed by atoms with van der Waals surface area (Å²) in [4.78, 5) is 22.8. The van der Waals surface area contributed by atoms with Crippen molar-refractivity contribution in [2.24, 2.45) is 0 Å². The highest BCUT2D eigenvalue weighted by molar-refractivity contribution is 7.91. The van der Waals surface area contributed by atoms with Crippen LogP contribution < -0.4 is 5.32 Å². The van der Waals surface area contributed by atoms with Crippen molar-refractivity contribution >= 4 is 33.3 Å². The van der Waals surface area contributed by atoms with Crippen molar-refractivity contribution in [3.63, 3.8) is 0 Å². The standard InChI is InChI=1S/C20H24N4O5S/c1-20(2,3)17-12-18(23(22-17)16-9-10-30(28,29)13-16)21-19(25)8-7-14-5-4-6-15(11-14)24(26)27/h4-8,11-12,16H,9-10,13H2,1-3H3,(H,21,25)/b8-7+. The van der Waals surface area contributed by atoms with E-state index in [9.17, 15) is 23.3 Å². The minimum atomic E-state index is -3.12. The maximum absolute atomic E-state index is 12.5. The average Bonchev–Trinajstić information content (AvgIpc) is 3.23. The number of aromatic nitrogens is 2. The predicted octanol–water partition coefficient (Wildman–Crippen LogP) is 3.10. The van der Waals surface area contributed by atoms with E-state index >= 15 is 0 Å². The van der Waals surface area contributed by atoms with E-state index in [1.807, 2.05) is 20.8 Å². The fraction of sp³-hybridized carbons (Fsp3) is 0.400. The van der Waals surface area contributed by atoms with E-state index in [-0.39, 0.29) is 28.6 Å². The first-order chi connectivity index (χ1) is 13.9. The lowest BCUT2D eigenvalue weighted by atomic mass is 9.92. The molecule has 0 bridgehead atoms. The van der Waals surface area contributed by atoms with E-state index in [1.54, 1.807) is 22.9 Å². The number of amides is 1. The van der Waals surface area contributed by atoms with Gasteiger partial charge in [0.25, 0.3) is 5.69 Å². The number of hydrogen-bond acceptors (Lipinski definition) is 6. The summed E-state index contributed by atoms with van der Waals surface area (Å²) in [5.41, 5.74) is 0.920. The molecule has 0 saturated carbocycles. The Hall–Kier alpha value is -3.01. The second-order valence-electron chi connectivity index (χ2n) is 8.34. The molecule has 0 spiro atoms. The number of nitrogens with one attached hydrogen (secondary N) is 1. The van der Waals surface area contributed by atoms with Gasteiger partial charge in [-0.05, 0) is 18.1 Å². The monoisotopic (exact) mass is 432 g/mol. The molecule has 1 aliphatic rings. The van der Waals surface area contributed by atoms with Gasteiger partial charge in [-0.1, -0.05) is 32.9 Å². The van der Waals surface area contributed by atoms with Crippen molar-refractivity contribution in [1.82, 2.24) is 9.78 Å². The molecular weight excluding hydrogens is 408 g/mol. The summed E-state index contributed by atoms with van der Waals surface area (Å²) < 4.78 is 25.4. The lowest BCUT2D eigenvalue weighted by molar-refractivity contribution is -0.384. The van der Waals surface area contributed by atoms with Gasteiger partial charge in [0.15, 0.2) is 9.84 Å². The van der Waals surface area contributed by atoms with Crippen molar-refractivity contribution < 1.29 is 18.1 Å². The molecule has 1 N–H and O–H groups in total. The highest BCUT2D eigenvalue weighted by atomic mass is 32.2. The molecule has 1 aromatic heterocycles. The molecule has 10 heteroatoms. The smallest absolute Gasteiger partial charge is 0.270 e. The van der Waals surface area contributed by atoms with Crippen molar-refractivity contribution in [3.8, 4) is 0 Å². The van der Waals surface area contributed by atoms with Gasteiger partial charge in [-0.2, -0.15) is 5.10 Å². The molecule has 160 valence electrons. The molecule has 1 amide bonds. The van der Waals surface area contributed by atoms with Crippen LogP contribution in [-0.2, 0) is 20.0 Å². The third-order valence-electron chi connectivity index (χ3n) is 4.82. The third kappa shape index (κ3) is 5.12. The Kier molecular flexibility index (Phi) is 5.80. The van der Waals surface area contributed by atoms with Gasteiger partial charge < -0.3 is 5.32 Å². The maximum Gasteiger partial charge on any atom is 0.270 e. The summed E-state index contributed by atoms with van der Waals surface area (Å²) in [6.45, 7) is 5.95. The number of hydrogen-bond donors (Lipinski definition) is 1. The Labute approximate surface area is 174 Å². The van der Waals surface area contributed by atoms with Crippen LogP contribution in [0.25, 0.3) is 6.08 Å². The zero-order valence-corrected chi connectivity index (χ0v) is 17.8. The van der Waals surface area contributed by atoms with Crippen molar-refractivity contribution in [2.75, 3.05) is 16.8 Å². The summed E-state index contributed by atoms with van der Waals surface area (Å²) in [7, 11) is -3.12. The Morgan fingerprint density at radius 2 is 2.07 bits per heavy atom. The average molecular weight is 433 g/mol. The quantitative estimate of drug-likeness (QED) is 0.440. The zero-order chi connectivity index (χ0) is 22.1. The van der Waals surface area contributed by atoms with Crippen LogP contribution in [0.1, 0.15) is 44.5 Å². The zero-order valence-electron chi connectivity index (χ0n) is 17.0. The van der Waals surface area contributed by atoms with E-state index in [0.29, 0.717) is 17.8 Å². The molecule has 2 heterocycles. The maximum atomic E-state index is 12.5. The fourth-order valence-electron chi connectivity index (χ4n) is 3.18. The Balaban J connectivity index is 1.83. The van der Waals surface area contributed by atoms with Crippen LogP contribution in [0.4, 0.5) is 11.5 Å². The largest absolute Gasteiger partial charge is 0.307 e. The molecule has 0 radical (unpaired) electrons. The molecule has 1 atom stereocenters. The van der Waals surface area contributed by atoms with Gasteiger partial charge in [0, 0.05) is 29.7 Å². The van der Waals surface area contributed by atoms with Gasteiger partial charge in [0.05, 0.1) is 28.2 Å². The number of sulfone groups is 1. The number of benzene rings is 1. The summed E-state index contributed by atoms with van der Waals surface area (Å²) in [6.07, 6.45) is 3.20. The molecule has 1 unspecified atom stereocenters. The third-order valence-corrected chi connectivity index (χ3v) is 6.57. The number of non-ortho nitro benzene ring substituents is 1. The topological polar surface area (TPSA) is 124 Å². The number of carbonyl (C=O) groups excluding carboxylic acids is 1. The molecule has 3 rings (SSSR count). The number of nitro groups is 1. The van der Waals surface area contributed by atoms with Crippen molar-refractivity contribution in [3.05, 3.63) is 57.8 Å². The van der Waals surface area contributed by atoms with Gasteiger partial charge in [0.2, 0.25) is 5.91 Å². The minimum absolute atomic E-state index is 0.00927.